The molecular weight excluding hydrogens is 192 g/mol. The van der Waals surface area contributed by atoms with Crippen LogP contribution < -0.4 is 5.73 Å². The third kappa shape index (κ3) is 1.40. The fraction of sp³-hybridized carbons (Fsp3) is 0.0909. The number of benzene rings is 2. The van der Waals surface area contributed by atoms with E-state index in [4.69, 9.17) is 5.73 Å². The molecule has 0 fully saturated rings. The number of fused-ring (bicyclic) bond motifs is 1. The largest absolute Gasteiger partial charge is 0.398 e. The zero-order chi connectivity index (χ0) is 11.0. The predicted molar refractivity (Wildman–Crippen MR) is 59.8 cm³/mol. The Hall–Kier alpha value is -2.10. The molecule has 0 aliphatic carbocycles. The van der Waals surface area contributed by atoms with Crippen molar-refractivity contribution in [3.8, 4) is 0 Å². The van der Waals surface area contributed by atoms with Crippen LogP contribution in [0.1, 0.15) is 5.56 Å². The molecule has 2 aromatic carbocycles. The summed E-state index contributed by atoms with van der Waals surface area (Å²) in [6.45, 7) is 1.71. The van der Waals surface area contributed by atoms with Crippen LogP contribution in [0.5, 0.6) is 0 Å². The molecule has 4 heteroatoms. The number of nitrogens with zero attached hydrogens (tertiary/aromatic N) is 1. The Morgan fingerprint density at radius 2 is 2.00 bits per heavy atom. The highest BCUT2D eigenvalue weighted by Gasteiger charge is 2.17. The molecule has 0 amide bonds. The van der Waals surface area contributed by atoms with Gasteiger partial charge in [-0.1, -0.05) is 24.3 Å². The average molecular weight is 202 g/mol. The summed E-state index contributed by atoms with van der Waals surface area (Å²) in [5, 5.41) is 12.3. The summed E-state index contributed by atoms with van der Waals surface area (Å²) in [5.41, 5.74) is 6.94. The summed E-state index contributed by atoms with van der Waals surface area (Å²) in [5.74, 6) is 0. The first-order chi connectivity index (χ1) is 7.11. The van der Waals surface area contributed by atoms with Crippen LogP contribution in [0.25, 0.3) is 10.8 Å². The summed E-state index contributed by atoms with van der Waals surface area (Å²) in [6, 6.07) is 8.86. The molecule has 76 valence electrons. The van der Waals surface area contributed by atoms with Gasteiger partial charge < -0.3 is 5.73 Å². The van der Waals surface area contributed by atoms with Gasteiger partial charge in [-0.2, -0.15) is 0 Å². The molecule has 0 radical (unpaired) electrons. The Bertz CT molecular complexity index is 550. The Kier molecular flexibility index (Phi) is 2.04. The molecule has 4 nitrogen and oxygen atoms in total. The number of rotatable bonds is 1. The molecule has 0 aliphatic heterocycles. The van der Waals surface area contributed by atoms with Gasteiger partial charge in [0, 0.05) is 11.3 Å². The van der Waals surface area contributed by atoms with Crippen molar-refractivity contribution in [2.24, 2.45) is 0 Å². The Morgan fingerprint density at radius 1 is 1.27 bits per heavy atom. The first-order valence-corrected chi connectivity index (χ1v) is 4.53. The molecule has 0 saturated heterocycles. The molecule has 0 heterocycles. The molecule has 0 aliphatic rings. The van der Waals surface area contributed by atoms with Gasteiger partial charge in [-0.25, -0.2) is 0 Å². The quantitative estimate of drug-likeness (QED) is 0.439. The number of aryl methyl sites for hydroxylation is 1. The van der Waals surface area contributed by atoms with Crippen molar-refractivity contribution in [3.63, 3.8) is 0 Å². The lowest BCUT2D eigenvalue weighted by atomic mass is 10.0. The number of nitro benzene ring substituents is 1. The molecule has 0 unspecified atom stereocenters. The summed E-state index contributed by atoms with van der Waals surface area (Å²) < 4.78 is 0. The van der Waals surface area contributed by atoms with Crippen molar-refractivity contribution >= 4 is 22.1 Å². The summed E-state index contributed by atoms with van der Waals surface area (Å²) in [7, 11) is 0. The van der Waals surface area contributed by atoms with E-state index in [0.717, 1.165) is 5.39 Å². The number of nitrogens with two attached hydrogens (primary N) is 1. The summed E-state index contributed by atoms with van der Waals surface area (Å²) in [4.78, 5) is 10.6. The van der Waals surface area contributed by atoms with Gasteiger partial charge in [0.25, 0.3) is 5.69 Å². The second-order valence-corrected chi connectivity index (χ2v) is 3.43. The minimum absolute atomic E-state index is 0.102. The second-order valence-electron chi connectivity index (χ2n) is 3.43. The van der Waals surface area contributed by atoms with Crippen LogP contribution in [0.15, 0.2) is 30.3 Å². The maximum atomic E-state index is 10.9. The van der Waals surface area contributed by atoms with Crippen LogP contribution in [-0.2, 0) is 0 Å². The third-order valence-corrected chi connectivity index (χ3v) is 2.43. The van der Waals surface area contributed by atoms with Crippen LogP contribution in [-0.4, -0.2) is 4.92 Å². The fourth-order valence-electron chi connectivity index (χ4n) is 1.73. The SMILES string of the molecule is Cc1ccc2cccc(N)c2c1[N+](=O)[O-]. The van der Waals surface area contributed by atoms with E-state index < -0.39 is 0 Å². The average Bonchev–Trinajstić information content (AvgIpc) is 2.18. The molecule has 2 aromatic rings. The lowest BCUT2D eigenvalue weighted by molar-refractivity contribution is -0.383. The van der Waals surface area contributed by atoms with Gasteiger partial charge in [0.15, 0.2) is 0 Å². The van der Waals surface area contributed by atoms with Crippen molar-refractivity contribution in [1.29, 1.82) is 0 Å². The zero-order valence-corrected chi connectivity index (χ0v) is 8.23. The van der Waals surface area contributed by atoms with Gasteiger partial charge >= 0.3 is 0 Å². The Labute approximate surface area is 86.5 Å². The van der Waals surface area contributed by atoms with Crippen LogP contribution in [0.2, 0.25) is 0 Å². The maximum Gasteiger partial charge on any atom is 0.282 e. The molecule has 15 heavy (non-hydrogen) atoms. The molecule has 2 rings (SSSR count). The number of nitrogen functional groups attached to an aromatic ring is 1. The number of anilines is 1. The highest BCUT2D eigenvalue weighted by atomic mass is 16.6. The first kappa shape index (κ1) is 9.45. The third-order valence-electron chi connectivity index (χ3n) is 2.43. The minimum Gasteiger partial charge on any atom is -0.398 e. The highest BCUT2D eigenvalue weighted by Crippen LogP contribution is 2.33. The molecule has 0 atom stereocenters. The van der Waals surface area contributed by atoms with E-state index in [-0.39, 0.29) is 10.6 Å². The van der Waals surface area contributed by atoms with Crippen molar-refractivity contribution in [2.75, 3.05) is 5.73 Å². The van der Waals surface area contributed by atoms with Gasteiger partial charge in [-0.3, -0.25) is 10.1 Å². The van der Waals surface area contributed by atoms with Gasteiger partial charge in [0.05, 0.1) is 10.3 Å². The van der Waals surface area contributed by atoms with E-state index in [2.05, 4.69) is 0 Å². The molecule has 2 N–H and O–H groups in total. The van der Waals surface area contributed by atoms with Gasteiger partial charge in [0.2, 0.25) is 0 Å². The van der Waals surface area contributed by atoms with E-state index in [0.29, 0.717) is 16.6 Å². The first-order valence-electron chi connectivity index (χ1n) is 4.53. The van der Waals surface area contributed by atoms with Crippen LogP contribution in [0.3, 0.4) is 0 Å². The van der Waals surface area contributed by atoms with Crippen molar-refractivity contribution in [3.05, 3.63) is 46.0 Å². The minimum atomic E-state index is -0.381. The summed E-state index contributed by atoms with van der Waals surface area (Å²) in [6.07, 6.45) is 0. The smallest absolute Gasteiger partial charge is 0.282 e. The van der Waals surface area contributed by atoms with E-state index in [1.165, 1.54) is 0 Å². The predicted octanol–water partition coefficient (Wildman–Crippen LogP) is 2.64. The Morgan fingerprint density at radius 3 is 2.67 bits per heavy atom. The topological polar surface area (TPSA) is 69.2 Å². The Balaban J connectivity index is 2.97. The number of nitro groups is 1. The van der Waals surface area contributed by atoms with Gasteiger partial charge in [-0.15, -0.1) is 0 Å². The van der Waals surface area contributed by atoms with Gasteiger partial charge in [-0.05, 0) is 18.4 Å². The number of hydrogen-bond donors (Lipinski definition) is 1. The van der Waals surface area contributed by atoms with E-state index in [1.807, 2.05) is 12.1 Å². The normalized spacial score (nSPS) is 10.5. The number of hydrogen-bond acceptors (Lipinski definition) is 3. The van der Waals surface area contributed by atoms with Crippen LogP contribution >= 0.6 is 0 Å². The summed E-state index contributed by atoms with van der Waals surface area (Å²) >= 11 is 0. The van der Waals surface area contributed by atoms with Crippen molar-refractivity contribution in [1.82, 2.24) is 0 Å². The van der Waals surface area contributed by atoms with Crippen molar-refractivity contribution in [2.45, 2.75) is 6.92 Å². The second kappa shape index (κ2) is 3.24. The monoisotopic (exact) mass is 202 g/mol. The molecule has 0 saturated carbocycles. The molecule has 0 bridgehead atoms. The van der Waals surface area contributed by atoms with E-state index in [1.54, 1.807) is 25.1 Å². The van der Waals surface area contributed by atoms with Gasteiger partial charge in [0.1, 0.15) is 0 Å². The molecular formula is C11H10N2O2. The van der Waals surface area contributed by atoms with Crippen molar-refractivity contribution < 1.29 is 4.92 Å². The van der Waals surface area contributed by atoms with Crippen LogP contribution in [0.4, 0.5) is 11.4 Å². The lowest BCUT2D eigenvalue weighted by Gasteiger charge is -2.04. The van der Waals surface area contributed by atoms with E-state index >= 15 is 0 Å². The molecule has 0 aromatic heterocycles. The standard InChI is InChI=1S/C11H10N2O2/c1-7-5-6-8-3-2-4-9(12)10(8)11(7)13(14)15/h2-6H,12H2,1H3. The maximum absolute atomic E-state index is 10.9. The lowest BCUT2D eigenvalue weighted by Crippen LogP contribution is -1.96. The fourth-order valence-corrected chi connectivity index (χ4v) is 1.73. The highest BCUT2D eigenvalue weighted by molar-refractivity contribution is 6.00. The van der Waals surface area contributed by atoms with Crippen LogP contribution in [0, 0.1) is 17.0 Å². The van der Waals surface area contributed by atoms with E-state index in [9.17, 15) is 10.1 Å². The zero-order valence-electron chi connectivity index (χ0n) is 8.23. The molecule has 0 spiro atoms.